The topological polar surface area (TPSA) is 79.1 Å². The van der Waals surface area contributed by atoms with E-state index in [-0.39, 0.29) is 18.8 Å². The summed E-state index contributed by atoms with van der Waals surface area (Å²) in [4.78, 5) is 32.8. The van der Waals surface area contributed by atoms with Crippen LogP contribution in [0.1, 0.15) is 36.6 Å². The Morgan fingerprint density at radius 1 is 1.09 bits per heavy atom. The molecule has 46 heavy (non-hydrogen) atoms. The lowest BCUT2D eigenvalue weighted by Crippen LogP contribution is -2.40. The molecule has 11 heteroatoms. The van der Waals surface area contributed by atoms with Crippen molar-refractivity contribution < 1.29 is 19.0 Å². The zero-order valence-corrected chi connectivity index (χ0v) is 29.5. The van der Waals surface area contributed by atoms with Gasteiger partial charge in [-0.1, -0.05) is 83.1 Å². The van der Waals surface area contributed by atoms with Crippen LogP contribution in [0.4, 0.5) is 0 Å². The maximum atomic E-state index is 14.2. The highest BCUT2D eigenvalue weighted by Crippen LogP contribution is 2.37. The molecule has 5 aromatic rings. The van der Waals surface area contributed by atoms with Crippen LogP contribution in [0.25, 0.3) is 16.8 Å². The molecule has 1 atom stereocenters. The SMILES string of the molecule is CCOC(=O)C1=C(C)N=c2s/c(=C/c3cc(I)c(OCc4ccc(Cl)cc4Cl)c(OC)c3)c(=O)n2[C@H]1c1cccc2ccccc12. The van der Waals surface area contributed by atoms with Gasteiger partial charge in [-0.05, 0) is 88.7 Å². The van der Waals surface area contributed by atoms with Gasteiger partial charge < -0.3 is 14.2 Å². The van der Waals surface area contributed by atoms with Gasteiger partial charge in [0.1, 0.15) is 6.61 Å². The van der Waals surface area contributed by atoms with Crippen LogP contribution in [0.15, 0.2) is 93.9 Å². The zero-order valence-electron chi connectivity index (χ0n) is 25.0. The van der Waals surface area contributed by atoms with E-state index in [0.29, 0.717) is 42.1 Å². The maximum Gasteiger partial charge on any atom is 0.338 e. The van der Waals surface area contributed by atoms with Crippen LogP contribution in [-0.4, -0.2) is 24.3 Å². The van der Waals surface area contributed by atoms with E-state index in [2.05, 4.69) is 22.6 Å². The number of aromatic nitrogens is 1. The van der Waals surface area contributed by atoms with Crippen molar-refractivity contribution in [3.63, 3.8) is 0 Å². The monoisotopic (exact) mass is 784 g/mol. The number of hydrogen-bond donors (Lipinski definition) is 0. The molecule has 2 heterocycles. The first-order valence-electron chi connectivity index (χ1n) is 14.3. The fraction of sp³-hybridized carbons (Fsp3) is 0.171. The van der Waals surface area contributed by atoms with Crippen LogP contribution in [0.2, 0.25) is 10.0 Å². The van der Waals surface area contributed by atoms with Crippen molar-refractivity contribution in [1.82, 2.24) is 4.57 Å². The van der Waals surface area contributed by atoms with E-state index in [4.69, 9.17) is 42.4 Å². The van der Waals surface area contributed by atoms with Crippen molar-refractivity contribution in [1.29, 1.82) is 0 Å². The molecule has 0 fully saturated rings. The van der Waals surface area contributed by atoms with E-state index in [1.54, 1.807) is 43.7 Å². The summed E-state index contributed by atoms with van der Waals surface area (Å²) < 4.78 is 20.1. The zero-order chi connectivity index (χ0) is 32.5. The summed E-state index contributed by atoms with van der Waals surface area (Å²) in [6, 6.07) is 22.1. The third-order valence-corrected chi connectivity index (χ3v) is 9.94. The lowest BCUT2D eigenvalue weighted by atomic mass is 9.91. The Morgan fingerprint density at radius 2 is 1.87 bits per heavy atom. The molecule has 1 aliphatic rings. The number of methoxy groups -OCH3 is 1. The Balaban J connectivity index is 1.45. The van der Waals surface area contributed by atoms with E-state index in [1.807, 2.05) is 60.7 Å². The molecule has 1 aliphatic heterocycles. The molecule has 0 amide bonds. The first-order valence-corrected chi connectivity index (χ1v) is 17.0. The number of allylic oxidation sites excluding steroid dienone is 1. The highest BCUT2D eigenvalue weighted by Gasteiger charge is 2.34. The molecule has 0 spiro atoms. The summed E-state index contributed by atoms with van der Waals surface area (Å²) in [5, 5.41) is 3.00. The average Bonchev–Trinajstić information content (AvgIpc) is 3.33. The second-order valence-electron chi connectivity index (χ2n) is 10.4. The van der Waals surface area contributed by atoms with Gasteiger partial charge in [0, 0.05) is 15.6 Å². The predicted octanol–water partition coefficient (Wildman–Crippen LogP) is 7.45. The minimum absolute atomic E-state index is 0.204. The third kappa shape index (κ3) is 6.21. The Hall–Kier alpha value is -3.64. The van der Waals surface area contributed by atoms with Crippen molar-refractivity contribution in [2.45, 2.75) is 26.5 Å². The Bertz CT molecular complexity index is 2220. The van der Waals surface area contributed by atoms with Gasteiger partial charge in [-0.2, -0.15) is 0 Å². The fourth-order valence-electron chi connectivity index (χ4n) is 5.48. The molecule has 0 saturated carbocycles. The number of fused-ring (bicyclic) bond motifs is 2. The molecule has 1 aromatic heterocycles. The summed E-state index contributed by atoms with van der Waals surface area (Å²) in [5.41, 5.74) is 2.95. The van der Waals surface area contributed by atoms with E-state index >= 15 is 0 Å². The van der Waals surface area contributed by atoms with Gasteiger partial charge in [-0.3, -0.25) is 9.36 Å². The second kappa shape index (κ2) is 13.6. The van der Waals surface area contributed by atoms with Gasteiger partial charge in [0.15, 0.2) is 16.3 Å². The lowest BCUT2D eigenvalue weighted by molar-refractivity contribution is -0.139. The molecule has 0 N–H and O–H groups in total. The molecule has 6 rings (SSSR count). The van der Waals surface area contributed by atoms with Gasteiger partial charge in [0.2, 0.25) is 0 Å². The van der Waals surface area contributed by atoms with E-state index in [0.717, 1.165) is 31.0 Å². The highest BCUT2D eigenvalue weighted by molar-refractivity contribution is 14.1. The molecule has 0 radical (unpaired) electrons. The molecule has 0 aliphatic carbocycles. The van der Waals surface area contributed by atoms with Gasteiger partial charge >= 0.3 is 5.97 Å². The second-order valence-corrected chi connectivity index (χ2v) is 13.4. The summed E-state index contributed by atoms with van der Waals surface area (Å²) >= 11 is 15.8. The van der Waals surface area contributed by atoms with Gasteiger partial charge in [0.25, 0.3) is 5.56 Å². The minimum atomic E-state index is -0.714. The van der Waals surface area contributed by atoms with Crippen LogP contribution in [0.3, 0.4) is 0 Å². The Labute approximate surface area is 292 Å². The number of carbonyl (C=O) groups excluding carboxylic acids is 1. The van der Waals surface area contributed by atoms with E-state index < -0.39 is 12.0 Å². The highest BCUT2D eigenvalue weighted by atomic mass is 127. The smallest absolute Gasteiger partial charge is 0.338 e. The number of ether oxygens (including phenoxy) is 3. The molecule has 0 bridgehead atoms. The van der Waals surface area contributed by atoms with Crippen LogP contribution >= 0.6 is 57.1 Å². The van der Waals surface area contributed by atoms with Gasteiger partial charge in [-0.25, -0.2) is 9.79 Å². The molecular formula is C35H27Cl2IN2O5S. The maximum absolute atomic E-state index is 14.2. The van der Waals surface area contributed by atoms with Gasteiger partial charge in [-0.15, -0.1) is 0 Å². The molecule has 0 saturated heterocycles. The summed E-state index contributed by atoms with van der Waals surface area (Å²) in [5.74, 6) is 0.564. The standard InChI is InChI=1S/C35H27Cl2IN2O5S/c1-4-44-34(42)30-19(2)39-35-40(31(30)25-11-7-9-21-8-5-6-10-24(21)25)33(41)29(46-35)16-20-14-27(38)32(28(15-20)43-3)45-18-22-12-13-23(36)17-26(22)37/h5-17,31H,4,18H2,1-3H3/b29-16+/t31-/m0/s1. The number of hydrogen-bond acceptors (Lipinski definition) is 7. The molecule has 7 nitrogen and oxygen atoms in total. The number of rotatable bonds is 8. The van der Waals surface area contributed by atoms with Crippen molar-refractivity contribution in [3.05, 3.63) is 134 Å². The molecular weight excluding hydrogens is 758 g/mol. The van der Waals surface area contributed by atoms with Crippen molar-refractivity contribution in [2.75, 3.05) is 13.7 Å². The summed E-state index contributed by atoms with van der Waals surface area (Å²) in [6.45, 7) is 3.96. The summed E-state index contributed by atoms with van der Waals surface area (Å²) in [6.07, 6.45) is 1.80. The largest absolute Gasteiger partial charge is 0.493 e. The van der Waals surface area contributed by atoms with Crippen LogP contribution < -0.4 is 24.4 Å². The van der Waals surface area contributed by atoms with Crippen molar-refractivity contribution in [3.8, 4) is 11.5 Å². The van der Waals surface area contributed by atoms with E-state index in [9.17, 15) is 9.59 Å². The normalized spacial score (nSPS) is 14.7. The summed E-state index contributed by atoms with van der Waals surface area (Å²) in [7, 11) is 1.56. The first-order chi connectivity index (χ1) is 22.2. The quantitative estimate of drug-likeness (QED) is 0.121. The van der Waals surface area contributed by atoms with E-state index in [1.165, 1.54) is 11.3 Å². The first kappa shape index (κ1) is 32.3. The molecule has 234 valence electrons. The number of nitrogens with zero attached hydrogens (tertiary/aromatic N) is 2. The molecule has 0 unspecified atom stereocenters. The number of halogens is 3. The van der Waals surface area contributed by atoms with Gasteiger partial charge in [0.05, 0.1) is 39.1 Å². The third-order valence-electron chi connectivity index (χ3n) is 7.57. The fourth-order valence-corrected chi connectivity index (χ4v) is 7.77. The Morgan fingerprint density at radius 3 is 2.63 bits per heavy atom. The lowest BCUT2D eigenvalue weighted by Gasteiger charge is -2.25. The minimum Gasteiger partial charge on any atom is -0.493 e. The van der Waals surface area contributed by atoms with Crippen molar-refractivity contribution in [2.24, 2.45) is 4.99 Å². The van der Waals surface area contributed by atoms with Crippen LogP contribution in [0, 0.1) is 3.57 Å². The molecule has 4 aromatic carbocycles. The Kier molecular flexibility index (Phi) is 9.56. The van der Waals surface area contributed by atoms with Crippen LogP contribution in [0.5, 0.6) is 11.5 Å². The van der Waals surface area contributed by atoms with Crippen LogP contribution in [-0.2, 0) is 16.1 Å². The number of benzene rings is 4. The number of esters is 1. The number of thiazole rings is 1. The predicted molar refractivity (Wildman–Crippen MR) is 191 cm³/mol. The average molecular weight is 785 g/mol. The number of carbonyl (C=O) groups is 1. The van der Waals surface area contributed by atoms with Crippen molar-refractivity contribution >= 4 is 79.9 Å².